The number of halogens is 1. The lowest BCUT2D eigenvalue weighted by Crippen LogP contribution is -1.94. The molecule has 0 saturated heterocycles. The molecule has 12 heavy (non-hydrogen) atoms. The molecule has 0 aliphatic carbocycles. The summed E-state index contributed by atoms with van der Waals surface area (Å²) in [4.78, 5) is 0. The summed E-state index contributed by atoms with van der Waals surface area (Å²) in [6.07, 6.45) is 0. The highest BCUT2D eigenvalue weighted by Gasteiger charge is 1.99. The van der Waals surface area contributed by atoms with E-state index in [0.29, 0.717) is 6.54 Å². The molecule has 1 nitrogen and oxygen atoms in total. The number of hydrogen-bond donors (Lipinski definition) is 1. The summed E-state index contributed by atoms with van der Waals surface area (Å²) in [5.41, 5.74) is 6.73. The van der Waals surface area contributed by atoms with E-state index in [1.807, 2.05) is 0 Å². The highest BCUT2D eigenvalue weighted by molar-refractivity contribution is 9.11. The highest BCUT2D eigenvalue weighted by Crippen LogP contribution is 2.30. The minimum Gasteiger partial charge on any atom is -0.326 e. The molecule has 0 fully saturated rings. The van der Waals surface area contributed by atoms with E-state index in [9.17, 15) is 0 Å². The molecule has 0 bridgehead atoms. The number of benzene rings is 1. The lowest BCUT2D eigenvalue weighted by molar-refractivity contribution is 1.08. The predicted octanol–water partition coefficient (Wildman–Crippen LogP) is 3.12. The summed E-state index contributed by atoms with van der Waals surface area (Å²) in [6, 6.07) is 8.45. The van der Waals surface area contributed by atoms with Crippen molar-refractivity contribution >= 4 is 37.4 Å². The maximum atomic E-state index is 5.54. The molecule has 0 spiro atoms. The zero-order valence-corrected chi connectivity index (χ0v) is 8.78. The Morgan fingerprint density at radius 2 is 2.17 bits per heavy atom. The minimum atomic E-state index is 0.617. The Balaban J connectivity index is 2.66. The Morgan fingerprint density at radius 3 is 2.92 bits per heavy atom. The van der Waals surface area contributed by atoms with Gasteiger partial charge in [0.15, 0.2) is 0 Å². The third-order valence-electron chi connectivity index (χ3n) is 1.79. The number of hydrogen-bond acceptors (Lipinski definition) is 2. The number of thiophene rings is 1. The zero-order valence-electron chi connectivity index (χ0n) is 6.38. The van der Waals surface area contributed by atoms with E-state index >= 15 is 0 Å². The number of rotatable bonds is 1. The van der Waals surface area contributed by atoms with Crippen LogP contribution in [-0.4, -0.2) is 0 Å². The van der Waals surface area contributed by atoms with Crippen molar-refractivity contribution in [3.05, 3.63) is 33.6 Å². The molecule has 0 aliphatic heterocycles. The smallest absolute Gasteiger partial charge is 0.0711 e. The first-order valence-electron chi connectivity index (χ1n) is 3.67. The molecule has 0 amide bonds. The Labute approximate surface area is 83.3 Å². The summed E-state index contributed by atoms with van der Waals surface area (Å²) in [7, 11) is 0. The van der Waals surface area contributed by atoms with Crippen LogP contribution in [0.15, 0.2) is 28.1 Å². The predicted molar refractivity (Wildman–Crippen MR) is 57.4 cm³/mol. The fourth-order valence-corrected chi connectivity index (χ4v) is 2.79. The van der Waals surface area contributed by atoms with E-state index < -0.39 is 0 Å². The van der Waals surface area contributed by atoms with Gasteiger partial charge in [0.1, 0.15) is 0 Å². The van der Waals surface area contributed by atoms with Crippen LogP contribution in [0.25, 0.3) is 10.1 Å². The van der Waals surface area contributed by atoms with Gasteiger partial charge < -0.3 is 5.73 Å². The fraction of sp³-hybridized carbons (Fsp3) is 0.111. The van der Waals surface area contributed by atoms with Crippen molar-refractivity contribution < 1.29 is 0 Å². The van der Waals surface area contributed by atoms with E-state index in [2.05, 4.69) is 40.2 Å². The van der Waals surface area contributed by atoms with E-state index in [4.69, 9.17) is 5.73 Å². The molecule has 62 valence electrons. The summed E-state index contributed by atoms with van der Waals surface area (Å²) < 4.78 is 2.47. The average Bonchev–Trinajstić information content (AvgIpc) is 2.43. The molecule has 1 aromatic carbocycles. The largest absolute Gasteiger partial charge is 0.326 e. The molecule has 0 unspecified atom stereocenters. The monoisotopic (exact) mass is 241 g/mol. The first-order valence-corrected chi connectivity index (χ1v) is 5.28. The van der Waals surface area contributed by atoms with Gasteiger partial charge in [-0.15, -0.1) is 11.3 Å². The van der Waals surface area contributed by atoms with Gasteiger partial charge >= 0.3 is 0 Å². The van der Waals surface area contributed by atoms with Gasteiger partial charge in [-0.1, -0.05) is 12.1 Å². The first-order chi connectivity index (χ1) is 5.79. The van der Waals surface area contributed by atoms with Gasteiger partial charge in [0.05, 0.1) is 3.79 Å². The van der Waals surface area contributed by atoms with Crippen molar-refractivity contribution in [1.29, 1.82) is 0 Å². The van der Waals surface area contributed by atoms with Crippen molar-refractivity contribution in [1.82, 2.24) is 0 Å². The van der Waals surface area contributed by atoms with Crippen molar-refractivity contribution in [2.45, 2.75) is 6.54 Å². The molecular weight excluding hydrogens is 234 g/mol. The van der Waals surface area contributed by atoms with Gasteiger partial charge in [0.25, 0.3) is 0 Å². The maximum absolute atomic E-state index is 5.54. The Kier molecular flexibility index (Phi) is 2.17. The molecule has 2 aromatic rings. The molecule has 0 radical (unpaired) electrons. The lowest BCUT2D eigenvalue weighted by Gasteiger charge is -1.94. The third-order valence-corrected chi connectivity index (χ3v) is 3.39. The lowest BCUT2D eigenvalue weighted by atomic mass is 10.2. The topological polar surface area (TPSA) is 26.0 Å². The maximum Gasteiger partial charge on any atom is 0.0711 e. The summed E-state index contributed by atoms with van der Waals surface area (Å²) in [6.45, 7) is 0.617. The third kappa shape index (κ3) is 1.40. The van der Waals surface area contributed by atoms with Gasteiger partial charge in [-0.3, -0.25) is 0 Å². The standard InChI is InChI=1S/C9H8BrNS/c10-9-4-7-2-1-6(5-11)3-8(7)12-9/h1-4H,5,11H2. The van der Waals surface area contributed by atoms with Crippen molar-refractivity contribution in [3.63, 3.8) is 0 Å². The van der Waals surface area contributed by atoms with Crippen LogP contribution in [0.2, 0.25) is 0 Å². The molecule has 0 saturated carbocycles. The molecule has 2 rings (SSSR count). The van der Waals surface area contributed by atoms with Crippen molar-refractivity contribution in [3.8, 4) is 0 Å². The molecule has 3 heteroatoms. The van der Waals surface area contributed by atoms with Crippen molar-refractivity contribution in [2.75, 3.05) is 0 Å². The van der Waals surface area contributed by atoms with Crippen LogP contribution < -0.4 is 5.73 Å². The van der Waals surface area contributed by atoms with Crippen LogP contribution in [-0.2, 0) is 6.54 Å². The Bertz CT molecular complexity index is 408. The quantitative estimate of drug-likeness (QED) is 0.816. The van der Waals surface area contributed by atoms with E-state index in [0.717, 1.165) is 0 Å². The Hall–Kier alpha value is -0.380. The molecule has 2 N–H and O–H groups in total. The van der Waals surface area contributed by atoms with Crippen LogP contribution >= 0.6 is 27.3 Å². The Morgan fingerprint density at radius 1 is 1.33 bits per heavy atom. The summed E-state index contributed by atoms with van der Waals surface area (Å²) in [5.74, 6) is 0. The van der Waals surface area contributed by atoms with Crippen molar-refractivity contribution in [2.24, 2.45) is 5.73 Å². The van der Waals surface area contributed by atoms with Gasteiger partial charge in [-0.05, 0) is 39.0 Å². The molecule has 1 aromatic heterocycles. The van der Waals surface area contributed by atoms with Crippen LogP contribution in [0.4, 0.5) is 0 Å². The SMILES string of the molecule is NCc1ccc2cc(Br)sc2c1. The molecular formula is C9H8BrNS. The average molecular weight is 242 g/mol. The molecule has 0 aliphatic rings. The minimum absolute atomic E-state index is 0.617. The summed E-state index contributed by atoms with van der Waals surface area (Å²) in [5, 5.41) is 1.28. The van der Waals surface area contributed by atoms with Gasteiger partial charge in [0, 0.05) is 11.2 Å². The second-order valence-corrected chi connectivity index (χ2v) is 5.09. The van der Waals surface area contributed by atoms with E-state index in [-0.39, 0.29) is 0 Å². The van der Waals surface area contributed by atoms with Crippen LogP contribution in [0.5, 0.6) is 0 Å². The summed E-state index contributed by atoms with van der Waals surface area (Å²) >= 11 is 5.20. The van der Waals surface area contributed by atoms with Crippen LogP contribution in [0.1, 0.15) is 5.56 Å². The second kappa shape index (κ2) is 3.17. The number of nitrogens with two attached hydrogens (primary N) is 1. The zero-order chi connectivity index (χ0) is 8.55. The van der Waals surface area contributed by atoms with Gasteiger partial charge in [-0.2, -0.15) is 0 Å². The number of fused-ring (bicyclic) bond motifs is 1. The molecule has 0 atom stereocenters. The fourth-order valence-electron chi connectivity index (χ4n) is 1.17. The van der Waals surface area contributed by atoms with Gasteiger partial charge in [0.2, 0.25) is 0 Å². The normalized spacial score (nSPS) is 10.8. The van der Waals surface area contributed by atoms with Crippen LogP contribution in [0.3, 0.4) is 0 Å². The second-order valence-electron chi connectivity index (χ2n) is 2.63. The van der Waals surface area contributed by atoms with Crippen LogP contribution in [0, 0.1) is 0 Å². The van der Waals surface area contributed by atoms with E-state index in [1.54, 1.807) is 11.3 Å². The van der Waals surface area contributed by atoms with E-state index in [1.165, 1.54) is 19.4 Å². The highest BCUT2D eigenvalue weighted by atomic mass is 79.9. The molecule has 1 heterocycles. The first kappa shape index (κ1) is 8.23. The van der Waals surface area contributed by atoms with Gasteiger partial charge in [-0.25, -0.2) is 0 Å².